The van der Waals surface area contributed by atoms with E-state index in [1.807, 2.05) is 33.3 Å². The van der Waals surface area contributed by atoms with Gasteiger partial charge in [-0.05, 0) is 35.4 Å². The minimum Gasteiger partial charge on any atom is -0.378 e. The molecule has 2 aromatic carbocycles. The molecular weight excluding hydrogens is 352 g/mol. The molecule has 0 saturated carbocycles. The number of hydrogen-bond donors (Lipinski definition) is 1. The van der Waals surface area contributed by atoms with Crippen molar-refractivity contribution in [3.8, 4) is 0 Å². The second-order valence-corrected chi connectivity index (χ2v) is 7.34. The fourth-order valence-electron chi connectivity index (χ4n) is 3.20. The van der Waals surface area contributed by atoms with Gasteiger partial charge in [0.2, 0.25) is 0 Å². The Morgan fingerprint density at radius 3 is 2.18 bits per heavy atom. The predicted molar refractivity (Wildman–Crippen MR) is 114 cm³/mol. The Labute approximate surface area is 167 Å². The monoisotopic (exact) mass is 382 g/mol. The van der Waals surface area contributed by atoms with Crippen LogP contribution in [0, 0.1) is 0 Å². The summed E-state index contributed by atoms with van der Waals surface area (Å²) in [5.41, 5.74) is 4.56. The van der Waals surface area contributed by atoms with E-state index in [1.54, 1.807) is 4.90 Å². The van der Waals surface area contributed by atoms with Crippen LogP contribution in [0.15, 0.2) is 48.5 Å². The van der Waals surface area contributed by atoms with Crippen LogP contribution in [-0.2, 0) is 17.8 Å². The van der Waals surface area contributed by atoms with Crippen LogP contribution >= 0.6 is 0 Å². The molecule has 0 atom stereocenters. The van der Waals surface area contributed by atoms with Gasteiger partial charge >= 0.3 is 6.03 Å². The lowest BCUT2D eigenvalue weighted by molar-refractivity contribution is 0.122. The first-order valence-electron chi connectivity index (χ1n) is 9.70. The van der Waals surface area contributed by atoms with E-state index in [0.29, 0.717) is 13.1 Å². The summed E-state index contributed by atoms with van der Waals surface area (Å²) < 4.78 is 5.40. The summed E-state index contributed by atoms with van der Waals surface area (Å²) >= 11 is 0. The molecule has 6 nitrogen and oxygen atoms in total. The van der Waals surface area contributed by atoms with Crippen molar-refractivity contribution in [2.45, 2.75) is 13.1 Å². The molecule has 1 saturated heterocycles. The van der Waals surface area contributed by atoms with Gasteiger partial charge < -0.3 is 24.8 Å². The minimum atomic E-state index is -0.0751. The van der Waals surface area contributed by atoms with Gasteiger partial charge in [-0.3, -0.25) is 0 Å². The lowest BCUT2D eigenvalue weighted by atomic mass is 10.2. The lowest BCUT2D eigenvalue weighted by Gasteiger charge is -2.29. The second kappa shape index (κ2) is 9.46. The first-order valence-corrected chi connectivity index (χ1v) is 9.70. The number of amides is 2. The van der Waals surface area contributed by atoms with Crippen LogP contribution in [0.1, 0.15) is 11.1 Å². The molecule has 0 spiro atoms. The Morgan fingerprint density at radius 1 is 0.964 bits per heavy atom. The molecule has 2 aromatic rings. The molecule has 2 amide bonds. The topological polar surface area (TPSA) is 48.1 Å². The van der Waals surface area contributed by atoms with Crippen molar-refractivity contribution < 1.29 is 9.53 Å². The Morgan fingerprint density at radius 2 is 1.57 bits per heavy atom. The average Bonchev–Trinajstić information content (AvgIpc) is 2.73. The highest BCUT2D eigenvalue weighted by Gasteiger charge is 2.12. The standard InChI is InChI=1S/C22H30N4O2/c1-24(2)20-8-4-18(5-9-20)16-23-22(27)25(3)17-19-6-10-21(11-7-19)26-12-14-28-15-13-26/h4-11H,12-17H2,1-3H3,(H,23,27). The molecular formula is C22H30N4O2. The normalized spacial score (nSPS) is 13.9. The van der Waals surface area contributed by atoms with Crippen molar-refractivity contribution in [3.63, 3.8) is 0 Å². The van der Waals surface area contributed by atoms with Crippen molar-refractivity contribution >= 4 is 17.4 Å². The third-order valence-corrected chi connectivity index (χ3v) is 4.98. The van der Waals surface area contributed by atoms with Crippen molar-refractivity contribution in [1.82, 2.24) is 10.2 Å². The van der Waals surface area contributed by atoms with Crippen LogP contribution in [0.5, 0.6) is 0 Å². The van der Waals surface area contributed by atoms with E-state index < -0.39 is 0 Å². The Kier molecular flexibility index (Phi) is 6.76. The van der Waals surface area contributed by atoms with Crippen LogP contribution in [-0.4, -0.2) is 58.4 Å². The smallest absolute Gasteiger partial charge is 0.317 e. The van der Waals surface area contributed by atoms with Gasteiger partial charge in [0.1, 0.15) is 0 Å². The number of anilines is 2. The molecule has 3 rings (SSSR count). The lowest BCUT2D eigenvalue weighted by Crippen LogP contribution is -2.36. The van der Waals surface area contributed by atoms with Crippen LogP contribution in [0.4, 0.5) is 16.2 Å². The average molecular weight is 383 g/mol. The van der Waals surface area contributed by atoms with Gasteiger partial charge in [0.05, 0.1) is 13.2 Å². The number of carbonyl (C=O) groups is 1. The molecule has 0 unspecified atom stereocenters. The summed E-state index contributed by atoms with van der Waals surface area (Å²) in [6.07, 6.45) is 0. The molecule has 1 aliphatic rings. The predicted octanol–water partition coefficient (Wildman–Crippen LogP) is 2.93. The van der Waals surface area contributed by atoms with E-state index in [2.05, 4.69) is 51.5 Å². The maximum atomic E-state index is 12.4. The van der Waals surface area contributed by atoms with Crippen molar-refractivity contribution in [2.24, 2.45) is 0 Å². The summed E-state index contributed by atoms with van der Waals surface area (Å²) in [6, 6.07) is 16.6. The molecule has 0 bridgehead atoms. The molecule has 0 aliphatic carbocycles. The largest absolute Gasteiger partial charge is 0.378 e. The maximum Gasteiger partial charge on any atom is 0.317 e. The molecule has 1 fully saturated rings. The summed E-state index contributed by atoms with van der Waals surface area (Å²) in [5, 5.41) is 2.98. The zero-order valence-electron chi connectivity index (χ0n) is 17.0. The molecule has 6 heteroatoms. The number of nitrogens with zero attached hydrogens (tertiary/aromatic N) is 3. The van der Waals surface area contributed by atoms with Gasteiger partial charge in [-0.2, -0.15) is 0 Å². The number of ether oxygens (including phenoxy) is 1. The van der Waals surface area contributed by atoms with E-state index in [4.69, 9.17) is 4.74 Å². The first-order chi connectivity index (χ1) is 13.5. The summed E-state index contributed by atoms with van der Waals surface area (Å²) in [7, 11) is 5.85. The summed E-state index contributed by atoms with van der Waals surface area (Å²) in [4.78, 5) is 18.5. The maximum absolute atomic E-state index is 12.4. The molecule has 150 valence electrons. The van der Waals surface area contributed by atoms with E-state index >= 15 is 0 Å². The summed E-state index contributed by atoms with van der Waals surface area (Å²) in [6.45, 7) is 4.51. The molecule has 1 N–H and O–H groups in total. The van der Waals surface area contributed by atoms with E-state index in [-0.39, 0.29) is 6.03 Å². The van der Waals surface area contributed by atoms with Gasteiger partial charge in [-0.25, -0.2) is 4.79 Å². The third-order valence-electron chi connectivity index (χ3n) is 4.98. The molecule has 28 heavy (non-hydrogen) atoms. The number of urea groups is 1. The first kappa shape index (κ1) is 20.0. The van der Waals surface area contributed by atoms with Crippen LogP contribution in [0.25, 0.3) is 0 Å². The second-order valence-electron chi connectivity index (χ2n) is 7.34. The molecule has 0 aromatic heterocycles. The number of carbonyl (C=O) groups excluding carboxylic acids is 1. The highest BCUT2D eigenvalue weighted by molar-refractivity contribution is 5.73. The highest BCUT2D eigenvalue weighted by Crippen LogP contribution is 2.17. The third kappa shape index (κ3) is 5.39. The number of hydrogen-bond acceptors (Lipinski definition) is 4. The fourth-order valence-corrected chi connectivity index (χ4v) is 3.20. The quantitative estimate of drug-likeness (QED) is 0.835. The van der Waals surface area contributed by atoms with Crippen molar-refractivity contribution in [1.29, 1.82) is 0 Å². The zero-order chi connectivity index (χ0) is 19.9. The van der Waals surface area contributed by atoms with Gasteiger partial charge in [0.15, 0.2) is 0 Å². The van der Waals surface area contributed by atoms with E-state index in [1.165, 1.54) is 5.69 Å². The SMILES string of the molecule is CN(Cc1ccc(N2CCOCC2)cc1)C(=O)NCc1ccc(N(C)C)cc1. The number of benzene rings is 2. The van der Waals surface area contributed by atoms with Crippen LogP contribution < -0.4 is 15.1 Å². The van der Waals surface area contributed by atoms with Gasteiger partial charge in [-0.15, -0.1) is 0 Å². The highest BCUT2D eigenvalue weighted by atomic mass is 16.5. The molecule has 0 radical (unpaired) electrons. The number of nitrogens with one attached hydrogen (secondary N) is 1. The van der Waals surface area contributed by atoms with Crippen LogP contribution in [0.2, 0.25) is 0 Å². The molecule has 1 aliphatic heterocycles. The van der Waals surface area contributed by atoms with E-state index in [0.717, 1.165) is 43.1 Å². The van der Waals surface area contributed by atoms with Gasteiger partial charge in [-0.1, -0.05) is 24.3 Å². The number of rotatable bonds is 6. The van der Waals surface area contributed by atoms with E-state index in [9.17, 15) is 4.79 Å². The Bertz CT molecular complexity index is 753. The van der Waals surface area contributed by atoms with Gasteiger partial charge in [0.25, 0.3) is 0 Å². The zero-order valence-corrected chi connectivity index (χ0v) is 17.0. The molecule has 1 heterocycles. The van der Waals surface area contributed by atoms with Crippen LogP contribution in [0.3, 0.4) is 0 Å². The van der Waals surface area contributed by atoms with Crippen molar-refractivity contribution in [3.05, 3.63) is 59.7 Å². The summed E-state index contributed by atoms with van der Waals surface area (Å²) in [5.74, 6) is 0. The Balaban J connectivity index is 1.48. The number of morpholine rings is 1. The minimum absolute atomic E-state index is 0.0751. The fraction of sp³-hybridized carbons (Fsp3) is 0.409. The van der Waals surface area contributed by atoms with Gasteiger partial charge in [0, 0.05) is 58.7 Å². The Hall–Kier alpha value is -2.73. The van der Waals surface area contributed by atoms with Crippen molar-refractivity contribution in [2.75, 3.05) is 57.2 Å².